The van der Waals surface area contributed by atoms with Crippen molar-refractivity contribution in [1.82, 2.24) is 14.8 Å². The monoisotopic (exact) mass is 573 g/mol. The number of aryl methyl sites for hydroxylation is 1. The van der Waals surface area contributed by atoms with Crippen molar-refractivity contribution in [3.63, 3.8) is 0 Å². The van der Waals surface area contributed by atoms with E-state index in [1.54, 1.807) is 38.4 Å². The van der Waals surface area contributed by atoms with Gasteiger partial charge in [0.1, 0.15) is 5.82 Å². The second kappa shape index (κ2) is 12.6. The van der Waals surface area contributed by atoms with Crippen LogP contribution in [0.15, 0.2) is 77.7 Å². The number of rotatable bonds is 6. The minimum Gasteiger partial charge on any atom is -0.452 e. The maximum absolute atomic E-state index is 14.3. The first-order valence-corrected chi connectivity index (χ1v) is 13.3. The lowest BCUT2D eigenvalue weighted by Crippen LogP contribution is -2.36. The van der Waals surface area contributed by atoms with Gasteiger partial charge in [-0.05, 0) is 67.6 Å². The number of aromatic nitrogens is 3. The van der Waals surface area contributed by atoms with Crippen LogP contribution in [0.25, 0.3) is 16.6 Å². The van der Waals surface area contributed by atoms with Crippen molar-refractivity contribution in [3.8, 4) is 17.2 Å². The maximum atomic E-state index is 14.3. The third-order valence-corrected chi connectivity index (χ3v) is 6.83. The Morgan fingerprint density at radius 2 is 1.76 bits per heavy atom. The van der Waals surface area contributed by atoms with Crippen LogP contribution in [-0.4, -0.2) is 54.4 Å². The molecule has 6 rings (SSSR count). The standard InChI is InChI=1S/C18H19FN4O2.C13H10FNO2/c1-20-13-2-3-17(14(19)9-13)25-18-8-12-11-21-22-15(12)10-16(18)23-4-6-24-7-5-23;1-9-2-3-10(8-16)13(17)15(9)12-6-4-11(14)5-7-12/h2-3,8-11,20H,4-7H2,1H3,(H,21,22);2-8H,1H3. The molecule has 1 saturated heterocycles. The molecule has 0 spiro atoms. The van der Waals surface area contributed by atoms with E-state index in [4.69, 9.17) is 9.47 Å². The summed E-state index contributed by atoms with van der Waals surface area (Å²) in [6, 6.07) is 17.4. The van der Waals surface area contributed by atoms with Crippen molar-refractivity contribution in [2.75, 3.05) is 43.6 Å². The first-order valence-electron chi connectivity index (χ1n) is 13.3. The van der Waals surface area contributed by atoms with Gasteiger partial charge in [-0.15, -0.1) is 0 Å². The Bertz CT molecular complexity index is 1760. The molecule has 5 aromatic rings. The Kier molecular flexibility index (Phi) is 8.58. The number of pyridine rings is 1. The number of fused-ring (bicyclic) bond motifs is 1. The van der Waals surface area contributed by atoms with Crippen LogP contribution in [0, 0.1) is 18.6 Å². The average molecular weight is 574 g/mol. The number of nitrogens with zero attached hydrogens (tertiary/aromatic N) is 3. The highest BCUT2D eigenvalue weighted by atomic mass is 19.1. The zero-order valence-corrected chi connectivity index (χ0v) is 23.1. The Morgan fingerprint density at radius 3 is 2.45 bits per heavy atom. The topological polar surface area (TPSA) is 101 Å². The number of aldehydes is 1. The molecule has 0 bridgehead atoms. The summed E-state index contributed by atoms with van der Waals surface area (Å²) in [6.07, 6.45) is 2.24. The number of H-pyrrole nitrogens is 1. The number of hydrogen-bond donors (Lipinski definition) is 2. The summed E-state index contributed by atoms with van der Waals surface area (Å²) in [7, 11) is 1.75. The van der Waals surface area contributed by atoms with Crippen LogP contribution in [-0.2, 0) is 4.74 Å². The molecule has 11 heteroatoms. The number of carbonyl (C=O) groups excluding carboxylic acids is 1. The number of carbonyl (C=O) groups is 1. The van der Waals surface area contributed by atoms with Crippen molar-refractivity contribution >= 4 is 28.6 Å². The molecule has 0 amide bonds. The molecule has 3 heterocycles. The molecule has 1 aliphatic rings. The quantitative estimate of drug-likeness (QED) is 0.260. The van der Waals surface area contributed by atoms with Crippen molar-refractivity contribution in [3.05, 3.63) is 106 Å². The van der Waals surface area contributed by atoms with Crippen molar-refractivity contribution in [1.29, 1.82) is 0 Å². The Labute approximate surface area is 240 Å². The van der Waals surface area contributed by atoms with Crippen LogP contribution in [0.2, 0.25) is 0 Å². The molecule has 216 valence electrons. The van der Waals surface area contributed by atoms with Crippen LogP contribution in [0.5, 0.6) is 11.5 Å². The Morgan fingerprint density at radius 1 is 1.00 bits per heavy atom. The lowest BCUT2D eigenvalue weighted by molar-refractivity contribution is 0.112. The highest BCUT2D eigenvalue weighted by Gasteiger charge is 2.19. The molecule has 0 radical (unpaired) electrons. The fourth-order valence-electron chi connectivity index (χ4n) is 4.60. The number of aromatic amines is 1. The van der Waals surface area contributed by atoms with Gasteiger partial charge in [0, 0.05) is 48.7 Å². The van der Waals surface area contributed by atoms with E-state index < -0.39 is 11.4 Å². The van der Waals surface area contributed by atoms with Crippen LogP contribution in [0.3, 0.4) is 0 Å². The van der Waals surface area contributed by atoms with Crippen LogP contribution >= 0.6 is 0 Å². The summed E-state index contributed by atoms with van der Waals surface area (Å²) < 4.78 is 39.9. The number of halogens is 2. The summed E-state index contributed by atoms with van der Waals surface area (Å²) >= 11 is 0. The SMILES string of the molecule is CNc1ccc(Oc2cc3cn[nH]c3cc2N2CCOCC2)c(F)c1.Cc1ccc(C=O)c(=O)n1-c1ccc(F)cc1. The van der Waals surface area contributed by atoms with Gasteiger partial charge in [0.15, 0.2) is 23.6 Å². The molecular weight excluding hydrogens is 544 g/mol. The maximum Gasteiger partial charge on any atom is 0.265 e. The average Bonchev–Trinajstić information content (AvgIpc) is 3.47. The van der Waals surface area contributed by atoms with Gasteiger partial charge in [-0.2, -0.15) is 5.10 Å². The van der Waals surface area contributed by atoms with Gasteiger partial charge in [0.2, 0.25) is 0 Å². The number of anilines is 2. The van der Waals surface area contributed by atoms with E-state index in [9.17, 15) is 18.4 Å². The third-order valence-electron chi connectivity index (χ3n) is 6.83. The Hall–Kier alpha value is -5.03. The van der Waals surface area contributed by atoms with Crippen molar-refractivity contribution in [2.45, 2.75) is 6.92 Å². The molecule has 2 N–H and O–H groups in total. The van der Waals surface area contributed by atoms with Gasteiger partial charge in [0.05, 0.1) is 36.2 Å². The molecule has 0 unspecified atom stereocenters. The first-order chi connectivity index (χ1) is 20.4. The zero-order valence-electron chi connectivity index (χ0n) is 23.1. The van der Waals surface area contributed by atoms with Gasteiger partial charge in [-0.1, -0.05) is 0 Å². The number of benzene rings is 3. The van der Waals surface area contributed by atoms with Crippen molar-refractivity contribution in [2.24, 2.45) is 0 Å². The molecule has 1 fully saturated rings. The highest BCUT2D eigenvalue weighted by Crippen LogP contribution is 2.37. The fraction of sp³-hybridized carbons (Fsp3) is 0.194. The zero-order chi connectivity index (χ0) is 29.6. The van der Waals surface area contributed by atoms with Gasteiger partial charge in [-0.25, -0.2) is 8.78 Å². The molecule has 42 heavy (non-hydrogen) atoms. The first kappa shape index (κ1) is 28.5. The molecular formula is C31H29F2N5O4. The van der Waals surface area contributed by atoms with E-state index >= 15 is 0 Å². The molecule has 0 aliphatic carbocycles. The van der Waals surface area contributed by atoms with Gasteiger partial charge >= 0.3 is 0 Å². The van der Waals surface area contributed by atoms with Crippen LogP contribution < -0.4 is 20.5 Å². The molecule has 0 saturated carbocycles. The van der Waals surface area contributed by atoms with Crippen LogP contribution in [0.4, 0.5) is 20.2 Å². The number of hydrogen-bond acceptors (Lipinski definition) is 7. The summed E-state index contributed by atoms with van der Waals surface area (Å²) in [5.74, 6) is 0.0151. The summed E-state index contributed by atoms with van der Waals surface area (Å²) in [6.45, 7) is 4.59. The molecule has 0 atom stereocenters. The summed E-state index contributed by atoms with van der Waals surface area (Å²) in [4.78, 5) is 24.8. The number of nitrogens with one attached hydrogen (secondary N) is 2. The van der Waals surface area contributed by atoms with Gasteiger partial charge in [-0.3, -0.25) is 19.3 Å². The highest BCUT2D eigenvalue weighted by molar-refractivity contribution is 5.86. The molecule has 1 aliphatic heterocycles. The minimum absolute atomic E-state index is 0.0833. The predicted octanol–water partition coefficient (Wildman–Crippen LogP) is 5.47. The van der Waals surface area contributed by atoms with E-state index in [2.05, 4.69) is 20.4 Å². The summed E-state index contributed by atoms with van der Waals surface area (Å²) in [5.41, 5.74) is 3.43. The van der Waals surface area contributed by atoms with E-state index in [0.717, 1.165) is 29.7 Å². The molecule has 2 aromatic heterocycles. The third kappa shape index (κ3) is 6.16. The van der Waals surface area contributed by atoms with E-state index in [0.29, 0.717) is 42.3 Å². The van der Waals surface area contributed by atoms with Gasteiger partial charge < -0.3 is 19.7 Å². The predicted molar refractivity (Wildman–Crippen MR) is 157 cm³/mol. The van der Waals surface area contributed by atoms with E-state index in [1.807, 2.05) is 12.1 Å². The van der Waals surface area contributed by atoms with E-state index in [1.165, 1.54) is 41.0 Å². The fourth-order valence-corrected chi connectivity index (χ4v) is 4.60. The second-order valence-electron chi connectivity index (χ2n) is 9.54. The largest absolute Gasteiger partial charge is 0.452 e. The van der Waals surface area contributed by atoms with Crippen molar-refractivity contribution < 1.29 is 23.0 Å². The van der Waals surface area contributed by atoms with Crippen LogP contribution in [0.1, 0.15) is 16.1 Å². The summed E-state index contributed by atoms with van der Waals surface area (Å²) in [5, 5.41) is 10.9. The number of morpholine rings is 1. The lowest BCUT2D eigenvalue weighted by Gasteiger charge is -2.30. The second-order valence-corrected chi connectivity index (χ2v) is 9.54. The molecule has 9 nitrogen and oxygen atoms in total. The lowest BCUT2D eigenvalue weighted by atomic mass is 10.2. The molecule has 3 aromatic carbocycles. The minimum atomic E-state index is -0.410. The Balaban J connectivity index is 0.000000181. The van der Waals surface area contributed by atoms with E-state index in [-0.39, 0.29) is 17.1 Å². The smallest absolute Gasteiger partial charge is 0.265 e. The number of ether oxygens (including phenoxy) is 2. The normalized spacial score (nSPS) is 12.9. The van der Waals surface area contributed by atoms with Gasteiger partial charge in [0.25, 0.3) is 5.56 Å².